The van der Waals surface area contributed by atoms with Crippen molar-refractivity contribution in [2.75, 3.05) is 6.54 Å². The van der Waals surface area contributed by atoms with Crippen LogP contribution in [-0.2, 0) is 32.1 Å². The zero-order valence-electron chi connectivity index (χ0n) is 18.8. The lowest BCUT2D eigenvalue weighted by atomic mass is 10.1. The first kappa shape index (κ1) is 26.2. The van der Waals surface area contributed by atoms with Crippen LogP contribution in [-0.4, -0.2) is 52.7 Å². The molecule has 2 aromatic rings. The van der Waals surface area contributed by atoms with Crippen LogP contribution in [0.5, 0.6) is 5.75 Å². The van der Waals surface area contributed by atoms with Crippen LogP contribution in [0, 0.1) is 0 Å². The quantitative estimate of drug-likeness (QED) is 0.295. The van der Waals surface area contributed by atoms with Crippen LogP contribution in [0.3, 0.4) is 0 Å². The van der Waals surface area contributed by atoms with Crippen LogP contribution >= 0.6 is 0 Å². The summed E-state index contributed by atoms with van der Waals surface area (Å²) in [4.78, 5) is 47.5. The highest BCUT2D eigenvalue weighted by atomic mass is 16.5. The molecule has 10 nitrogen and oxygen atoms in total. The molecule has 0 saturated carbocycles. The Morgan fingerprint density at radius 3 is 2.26 bits per heavy atom. The summed E-state index contributed by atoms with van der Waals surface area (Å²) in [5, 5.41) is 26.2. The van der Waals surface area contributed by atoms with Gasteiger partial charge in [-0.25, -0.2) is 9.59 Å². The van der Waals surface area contributed by atoms with E-state index >= 15 is 0 Å². The zero-order valence-corrected chi connectivity index (χ0v) is 18.8. The molecule has 0 aliphatic heterocycles. The fourth-order valence-corrected chi connectivity index (χ4v) is 2.96. The van der Waals surface area contributed by atoms with Gasteiger partial charge in [0, 0.05) is 19.4 Å². The maximum absolute atomic E-state index is 12.1. The van der Waals surface area contributed by atoms with E-state index in [4.69, 9.17) is 4.74 Å². The topological polar surface area (TPSA) is 154 Å². The van der Waals surface area contributed by atoms with E-state index in [1.54, 1.807) is 12.1 Å². The third-order valence-electron chi connectivity index (χ3n) is 4.83. The number of aliphatic carboxylic acids is 1. The van der Waals surface area contributed by atoms with Gasteiger partial charge < -0.3 is 30.9 Å². The van der Waals surface area contributed by atoms with Gasteiger partial charge in [0.1, 0.15) is 24.4 Å². The van der Waals surface area contributed by atoms with Crippen molar-refractivity contribution < 1.29 is 34.1 Å². The van der Waals surface area contributed by atoms with Gasteiger partial charge in [0.2, 0.25) is 11.8 Å². The molecule has 5 N–H and O–H groups in total. The number of carbonyl (C=O) groups excluding carboxylic acids is 3. The van der Waals surface area contributed by atoms with Crippen LogP contribution in [0.4, 0.5) is 4.79 Å². The van der Waals surface area contributed by atoms with E-state index in [9.17, 15) is 29.4 Å². The number of carboxylic acid groups (broad SMARTS) is 1. The highest BCUT2D eigenvalue weighted by Crippen LogP contribution is 2.11. The Labute approximate surface area is 197 Å². The van der Waals surface area contributed by atoms with E-state index in [2.05, 4.69) is 16.0 Å². The van der Waals surface area contributed by atoms with Crippen molar-refractivity contribution in [3.63, 3.8) is 0 Å². The molecule has 182 valence electrons. The summed E-state index contributed by atoms with van der Waals surface area (Å²) in [6, 6.07) is 13.2. The molecule has 2 aromatic carbocycles. The summed E-state index contributed by atoms with van der Waals surface area (Å²) in [6.07, 6.45) is -0.351. The lowest BCUT2D eigenvalue weighted by Gasteiger charge is -2.16. The van der Waals surface area contributed by atoms with E-state index in [0.29, 0.717) is 5.56 Å². The van der Waals surface area contributed by atoms with Crippen molar-refractivity contribution >= 4 is 23.9 Å². The molecule has 0 fully saturated rings. The molecule has 3 amide bonds. The number of ether oxygens (including phenoxy) is 1. The number of hydrogen-bond acceptors (Lipinski definition) is 6. The van der Waals surface area contributed by atoms with Crippen LogP contribution in [0.2, 0.25) is 0 Å². The van der Waals surface area contributed by atoms with Gasteiger partial charge in [0.15, 0.2) is 0 Å². The average Bonchev–Trinajstić information content (AvgIpc) is 2.81. The van der Waals surface area contributed by atoms with E-state index in [-0.39, 0.29) is 38.2 Å². The number of carboxylic acids is 1. The molecule has 10 heteroatoms. The standard InChI is InChI=1S/C24H29N3O7/c1-16(26-24(33)34-15-18-6-3-2-4-7-18)22(30)25-13-5-8-21(29)27-20(23(31)32)14-17-9-11-19(28)12-10-17/h2-4,6-7,9-12,16,20,28H,5,8,13-15H2,1H3,(H,25,30)(H,26,33)(H,27,29)(H,31,32)/t16-,20-/m0/s1. The summed E-state index contributed by atoms with van der Waals surface area (Å²) >= 11 is 0. The minimum atomic E-state index is -1.17. The zero-order chi connectivity index (χ0) is 24.9. The molecule has 0 heterocycles. The molecule has 0 aromatic heterocycles. The molecule has 0 spiro atoms. The lowest BCUT2D eigenvalue weighted by molar-refractivity contribution is -0.141. The third-order valence-corrected chi connectivity index (χ3v) is 4.83. The van der Waals surface area contributed by atoms with E-state index in [1.165, 1.54) is 19.1 Å². The maximum atomic E-state index is 12.1. The Balaban J connectivity index is 1.65. The third kappa shape index (κ3) is 9.60. The number of aromatic hydroxyl groups is 1. The van der Waals surface area contributed by atoms with Crippen LogP contribution in [0.25, 0.3) is 0 Å². The first-order valence-electron chi connectivity index (χ1n) is 10.8. The number of carbonyl (C=O) groups is 4. The molecule has 0 radical (unpaired) electrons. The fraction of sp³-hybridized carbons (Fsp3) is 0.333. The Morgan fingerprint density at radius 2 is 1.62 bits per heavy atom. The van der Waals surface area contributed by atoms with E-state index < -0.39 is 36.0 Å². The SMILES string of the molecule is C[C@H](NC(=O)OCc1ccccc1)C(=O)NCCCC(=O)N[C@@H](Cc1ccc(O)cc1)C(=O)O. The number of benzene rings is 2. The first-order valence-corrected chi connectivity index (χ1v) is 10.8. The second kappa shape index (κ2) is 13.5. The van der Waals surface area contributed by atoms with E-state index in [0.717, 1.165) is 5.56 Å². The predicted octanol–water partition coefficient (Wildman–Crippen LogP) is 1.72. The maximum Gasteiger partial charge on any atom is 0.408 e. The average molecular weight is 472 g/mol. The number of alkyl carbamates (subject to hydrolysis) is 1. The number of nitrogens with one attached hydrogen (secondary N) is 3. The molecular formula is C24H29N3O7. The fourth-order valence-electron chi connectivity index (χ4n) is 2.96. The van der Waals surface area contributed by atoms with Crippen LogP contribution < -0.4 is 16.0 Å². The predicted molar refractivity (Wildman–Crippen MR) is 123 cm³/mol. The van der Waals surface area contributed by atoms with Crippen molar-refractivity contribution in [2.24, 2.45) is 0 Å². The Morgan fingerprint density at radius 1 is 0.941 bits per heavy atom. The van der Waals surface area contributed by atoms with Crippen LogP contribution in [0.15, 0.2) is 54.6 Å². The summed E-state index contributed by atoms with van der Waals surface area (Å²) in [6.45, 7) is 1.76. The molecule has 2 rings (SSSR count). The molecule has 0 aliphatic rings. The Kier molecular flexibility index (Phi) is 10.4. The molecule has 0 bridgehead atoms. The summed E-state index contributed by atoms with van der Waals surface area (Å²) in [5.41, 5.74) is 1.47. The highest BCUT2D eigenvalue weighted by Gasteiger charge is 2.20. The second-order valence-electron chi connectivity index (χ2n) is 7.65. The molecule has 34 heavy (non-hydrogen) atoms. The van der Waals surface area contributed by atoms with Crippen molar-refractivity contribution in [3.05, 3.63) is 65.7 Å². The monoisotopic (exact) mass is 471 g/mol. The van der Waals surface area contributed by atoms with Gasteiger partial charge in [0.25, 0.3) is 0 Å². The molecule has 2 atom stereocenters. The number of rotatable bonds is 12. The van der Waals surface area contributed by atoms with Crippen molar-refractivity contribution in [1.29, 1.82) is 0 Å². The second-order valence-corrected chi connectivity index (χ2v) is 7.65. The largest absolute Gasteiger partial charge is 0.508 e. The first-order chi connectivity index (χ1) is 16.2. The Bertz CT molecular complexity index is 964. The summed E-state index contributed by atoms with van der Waals surface area (Å²) in [5.74, 6) is -2.01. The lowest BCUT2D eigenvalue weighted by Crippen LogP contribution is -2.45. The number of phenols is 1. The number of phenolic OH excluding ortho intramolecular Hbond substituents is 1. The van der Waals surface area contributed by atoms with Crippen LogP contribution in [0.1, 0.15) is 30.9 Å². The van der Waals surface area contributed by atoms with E-state index in [1.807, 2.05) is 30.3 Å². The van der Waals surface area contributed by atoms with Crippen molar-refractivity contribution in [3.8, 4) is 5.75 Å². The minimum absolute atomic E-state index is 0.0144. The highest BCUT2D eigenvalue weighted by molar-refractivity contribution is 5.85. The molecule has 0 aliphatic carbocycles. The van der Waals surface area contributed by atoms with Gasteiger partial charge >= 0.3 is 12.1 Å². The molecular weight excluding hydrogens is 442 g/mol. The summed E-state index contributed by atoms with van der Waals surface area (Å²) < 4.78 is 5.07. The minimum Gasteiger partial charge on any atom is -0.508 e. The normalized spacial score (nSPS) is 12.1. The number of amides is 3. The summed E-state index contributed by atoms with van der Waals surface area (Å²) in [7, 11) is 0. The molecule has 0 saturated heterocycles. The van der Waals surface area contributed by atoms with Gasteiger partial charge in [-0.2, -0.15) is 0 Å². The van der Waals surface area contributed by atoms with Gasteiger partial charge in [-0.3, -0.25) is 9.59 Å². The Hall–Kier alpha value is -4.08. The van der Waals surface area contributed by atoms with Gasteiger partial charge in [-0.05, 0) is 36.6 Å². The smallest absolute Gasteiger partial charge is 0.408 e. The van der Waals surface area contributed by atoms with Crippen molar-refractivity contribution in [2.45, 2.75) is 44.9 Å². The molecule has 0 unspecified atom stereocenters. The number of hydrogen-bond donors (Lipinski definition) is 5. The van der Waals surface area contributed by atoms with Gasteiger partial charge in [-0.15, -0.1) is 0 Å². The van der Waals surface area contributed by atoms with Crippen molar-refractivity contribution in [1.82, 2.24) is 16.0 Å². The van der Waals surface area contributed by atoms with Gasteiger partial charge in [0.05, 0.1) is 0 Å². The van der Waals surface area contributed by atoms with Gasteiger partial charge in [-0.1, -0.05) is 42.5 Å².